The Morgan fingerprint density at radius 3 is 2.48 bits per heavy atom. The Bertz CT molecular complexity index is 398. The molecule has 1 aliphatic carbocycles. The van der Waals surface area contributed by atoms with E-state index < -0.39 is 0 Å². The van der Waals surface area contributed by atoms with E-state index >= 15 is 0 Å². The van der Waals surface area contributed by atoms with Crippen molar-refractivity contribution in [1.82, 2.24) is 5.32 Å². The van der Waals surface area contributed by atoms with Crippen LogP contribution in [0.5, 0.6) is 0 Å². The number of hydrogen-bond acceptors (Lipinski definition) is 3. The highest BCUT2D eigenvalue weighted by molar-refractivity contribution is 5.49. The molecule has 1 aliphatic rings. The molecule has 0 bridgehead atoms. The highest BCUT2D eigenvalue weighted by Gasteiger charge is 2.22. The van der Waals surface area contributed by atoms with E-state index in [0.29, 0.717) is 12.1 Å². The van der Waals surface area contributed by atoms with Crippen molar-refractivity contribution in [3.63, 3.8) is 0 Å². The van der Waals surface area contributed by atoms with Crippen LogP contribution in [0.15, 0.2) is 24.3 Å². The number of nitrogens with zero attached hydrogens (tertiary/aromatic N) is 1. The molecule has 0 heterocycles. The van der Waals surface area contributed by atoms with Crippen LogP contribution < -0.4 is 10.2 Å². The van der Waals surface area contributed by atoms with E-state index in [0.717, 1.165) is 19.5 Å². The van der Waals surface area contributed by atoms with E-state index in [1.165, 1.54) is 36.9 Å². The van der Waals surface area contributed by atoms with Gasteiger partial charge in [-0.25, -0.2) is 0 Å². The van der Waals surface area contributed by atoms with Crippen LogP contribution in [0.2, 0.25) is 0 Å². The molecule has 3 nitrogen and oxygen atoms in total. The largest absolute Gasteiger partial charge is 0.395 e. The third-order valence-corrected chi connectivity index (χ3v) is 4.53. The first kappa shape index (κ1) is 16.3. The number of rotatable bonds is 8. The number of hydrogen-bond donors (Lipinski definition) is 2. The SMILES string of the molecule is CCCNC(C)c1ccc(N(CCO)C2CCCC2)cc1. The van der Waals surface area contributed by atoms with Gasteiger partial charge in [-0.15, -0.1) is 0 Å². The quantitative estimate of drug-likeness (QED) is 0.769. The molecule has 1 atom stereocenters. The Hall–Kier alpha value is -1.06. The van der Waals surface area contributed by atoms with Crippen LogP contribution in [0.4, 0.5) is 5.69 Å². The van der Waals surface area contributed by atoms with Gasteiger partial charge in [0.1, 0.15) is 0 Å². The van der Waals surface area contributed by atoms with Gasteiger partial charge in [0.15, 0.2) is 0 Å². The van der Waals surface area contributed by atoms with Gasteiger partial charge in [-0.1, -0.05) is 31.9 Å². The zero-order valence-electron chi connectivity index (χ0n) is 13.5. The molecule has 0 amide bonds. The van der Waals surface area contributed by atoms with Crippen LogP contribution in [0, 0.1) is 0 Å². The lowest BCUT2D eigenvalue weighted by atomic mass is 10.1. The Labute approximate surface area is 129 Å². The van der Waals surface area contributed by atoms with Crippen LogP contribution >= 0.6 is 0 Å². The van der Waals surface area contributed by atoms with Crippen LogP contribution in [-0.4, -0.2) is 30.8 Å². The highest BCUT2D eigenvalue weighted by atomic mass is 16.3. The minimum absolute atomic E-state index is 0.229. The minimum Gasteiger partial charge on any atom is -0.395 e. The first-order valence-corrected chi connectivity index (χ1v) is 8.47. The van der Waals surface area contributed by atoms with Crippen LogP contribution in [0.1, 0.15) is 57.6 Å². The molecule has 0 saturated heterocycles. The van der Waals surface area contributed by atoms with Gasteiger partial charge in [0.05, 0.1) is 6.61 Å². The number of aliphatic hydroxyl groups excluding tert-OH is 1. The lowest BCUT2D eigenvalue weighted by molar-refractivity contribution is 0.297. The van der Waals surface area contributed by atoms with Gasteiger partial charge in [0.25, 0.3) is 0 Å². The van der Waals surface area contributed by atoms with E-state index in [4.69, 9.17) is 0 Å². The highest BCUT2D eigenvalue weighted by Crippen LogP contribution is 2.28. The standard InChI is InChI=1S/C18H30N2O/c1-3-12-19-15(2)16-8-10-18(11-9-16)20(13-14-21)17-6-4-5-7-17/h8-11,15,17,19,21H,3-7,12-14H2,1-2H3. The Balaban J connectivity index is 2.04. The molecule has 1 fully saturated rings. The normalized spacial score (nSPS) is 17.1. The van der Waals surface area contributed by atoms with Gasteiger partial charge >= 0.3 is 0 Å². The van der Waals surface area contributed by atoms with E-state index in [1.807, 2.05) is 0 Å². The summed E-state index contributed by atoms with van der Waals surface area (Å²) in [6, 6.07) is 9.89. The summed E-state index contributed by atoms with van der Waals surface area (Å²) in [5.41, 5.74) is 2.59. The number of aliphatic hydroxyl groups is 1. The van der Waals surface area contributed by atoms with Gasteiger partial charge < -0.3 is 15.3 Å². The monoisotopic (exact) mass is 290 g/mol. The maximum Gasteiger partial charge on any atom is 0.0606 e. The molecule has 1 unspecified atom stereocenters. The van der Waals surface area contributed by atoms with Gasteiger partial charge in [-0.05, 0) is 50.4 Å². The summed E-state index contributed by atoms with van der Waals surface area (Å²) < 4.78 is 0. The maximum absolute atomic E-state index is 9.35. The van der Waals surface area contributed by atoms with Crippen molar-refractivity contribution in [2.45, 2.75) is 58.0 Å². The van der Waals surface area contributed by atoms with Crippen molar-refractivity contribution in [2.75, 3.05) is 24.6 Å². The predicted octanol–water partition coefficient (Wildman–Crippen LogP) is 3.49. The zero-order chi connectivity index (χ0) is 15.1. The lowest BCUT2D eigenvalue weighted by Crippen LogP contribution is -2.35. The van der Waals surface area contributed by atoms with Gasteiger partial charge in [-0.3, -0.25) is 0 Å². The Morgan fingerprint density at radius 1 is 1.24 bits per heavy atom. The number of nitrogens with one attached hydrogen (secondary N) is 1. The second-order valence-corrected chi connectivity index (χ2v) is 6.12. The fourth-order valence-electron chi connectivity index (χ4n) is 3.28. The van der Waals surface area contributed by atoms with Crippen LogP contribution in [0.3, 0.4) is 0 Å². The topological polar surface area (TPSA) is 35.5 Å². The summed E-state index contributed by atoms with van der Waals surface area (Å²) in [6.07, 6.45) is 6.33. The summed E-state index contributed by atoms with van der Waals surface area (Å²) in [5, 5.41) is 12.9. The molecule has 1 saturated carbocycles. The van der Waals surface area contributed by atoms with E-state index in [2.05, 4.69) is 48.3 Å². The average molecular weight is 290 g/mol. The van der Waals surface area contributed by atoms with Crippen LogP contribution in [-0.2, 0) is 0 Å². The third-order valence-electron chi connectivity index (χ3n) is 4.53. The molecular formula is C18H30N2O. The molecule has 118 valence electrons. The Morgan fingerprint density at radius 2 is 1.90 bits per heavy atom. The minimum atomic E-state index is 0.229. The molecule has 21 heavy (non-hydrogen) atoms. The van der Waals surface area contributed by atoms with Crippen molar-refractivity contribution < 1.29 is 5.11 Å². The van der Waals surface area contributed by atoms with E-state index in [9.17, 15) is 5.11 Å². The molecule has 2 rings (SSSR count). The van der Waals surface area contributed by atoms with E-state index in [-0.39, 0.29) is 6.61 Å². The number of benzene rings is 1. The van der Waals surface area contributed by atoms with Crippen molar-refractivity contribution in [3.05, 3.63) is 29.8 Å². The van der Waals surface area contributed by atoms with E-state index in [1.54, 1.807) is 0 Å². The zero-order valence-corrected chi connectivity index (χ0v) is 13.5. The summed E-state index contributed by atoms with van der Waals surface area (Å²) in [7, 11) is 0. The molecular weight excluding hydrogens is 260 g/mol. The summed E-state index contributed by atoms with van der Waals surface area (Å²) in [6.45, 7) is 6.44. The summed E-state index contributed by atoms with van der Waals surface area (Å²) >= 11 is 0. The molecule has 1 aromatic rings. The van der Waals surface area contributed by atoms with Crippen molar-refractivity contribution in [3.8, 4) is 0 Å². The first-order valence-electron chi connectivity index (χ1n) is 8.47. The Kier molecular flexibility index (Phi) is 6.52. The summed E-state index contributed by atoms with van der Waals surface area (Å²) in [5.74, 6) is 0. The van der Waals surface area contributed by atoms with Crippen molar-refractivity contribution >= 4 is 5.69 Å². The second kappa shape index (κ2) is 8.40. The lowest BCUT2D eigenvalue weighted by Gasteiger charge is -2.31. The summed E-state index contributed by atoms with van der Waals surface area (Å²) in [4.78, 5) is 2.39. The fraction of sp³-hybridized carbons (Fsp3) is 0.667. The van der Waals surface area contributed by atoms with Crippen LogP contribution in [0.25, 0.3) is 0 Å². The first-order chi connectivity index (χ1) is 10.3. The van der Waals surface area contributed by atoms with Gasteiger partial charge in [-0.2, -0.15) is 0 Å². The fourth-order valence-corrected chi connectivity index (χ4v) is 3.28. The predicted molar refractivity (Wildman–Crippen MR) is 89.8 cm³/mol. The molecule has 3 heteroatoms. The van der Waals surface area contributed by atoms with Gasteiger partial charge in [0, 0.05) is 24.3 Å². The number of anilines is 1. The van der Waals surface area contributed by atoms with Crippen molar-refractivity contribution in [1.29, 1.82) is 0 Å². The third kappa shape index (κ3) is 4.45. The molecule has 1 aromatic carbocycles. The molecule has 0 radical (unpaired) electrons. The van der Waals surface area contributed by atoms with Gasteiger partial charge in [0.2, 0.25) is 0 Å². The molecule has 0 aromatic heterocycles. The average Bonchev–Trinajstić information content (AvgIpc) is 3.04. The maximum atomic E-state index is 9.35. The van der Waals surface area contributed by atoms with Crippen molar-refractivity contribution in [2.24, 2.45) is 0 Å². The molecule has 0 spiro atoms. The smallest absolute Gasteiger partial charge is 0.0606 e. The molecule has 0 aliphatic heterocycles. The second-order valence-electron chi connectivity index (χ2n) is 6.12. The molecule has 2 N–H and O–H groups in total.